The number of rotatable bonds is 7. The lowest BCUT2D eigenvalue weighted by atomic mass is 10.2. The number of hydrogen-bond acceptors (Lipinski definition) is 4. The van der Waals surface area contributed by atoms with E-state index in [2.05, 4.69) is 15.6 Å². The van der Waals surface area contributed by atoms with Gasteiger partial charge in [0, 0.05) is 37.0 Å². The zero-order valence-electron chi connectivity index (χ0n) is 14.3. The van der Waals surface area contributed by atoms with Gasteiger partial charge in [-0.2, -0.15) is 0 Å². The van der Waals surface area contributed by atoms with Gasteiger partial charge in [-0.25, -0.2) is 4.39 Å². The molecule has 0 bridgehead atoms. The minimum atomic E-state index is -0.395. The van der Waals surface area contributed by atoms with Crippen molar-refractivity contribution in [2.45, 2.75) is 6.54 Å². The van der Waals surface area contributed by atoms with Gasteiger partial charge in [0.15, 0.2) is 0 Å². The highest BCUT2D eigenvalue weighted by Crippen LogP contribution is 2.07. The third-order valence-electron chi connectivity index (χ3n) is 3.50. The summed E-state index contributed by atoms with van der Waals surface area (Å²) in [4.78, 5) is 30.2. The first-order valence-electron chi connectivity index (χ1n) is 7.88. The number of likely N-dealkylation sites (N-methyl/N-ethyl adjacent to an activating group) is 1. The molecule has 0 saturated heterocycles. The zero-order chi connectivity index (χ0) is 18.2. The van der Waals surface area contributed by atoms with Gasteiger partial charge in [0.1, 0.15) is 11.5 Å². The number of nitrogens with zero attached hydrogens (tertiary/aromatic N) is 2. The Kier molecular flexibility index (Phi) is 6.59. The molecule has 0 spiro atoms. The van der Waals surface area contributed by atoms with Gasteiger partial charge in [-0.15, -0.1) is 0 Å². The Morgan fingerprint density at radius 2 is 1.88 bits per heavy atom. The number of hydrogen-bond donors (Lipinski definition) is 2. The van der Waals surface area contributed by atoms with Crippen molar-refractivity contribution < 1.29 is 14.0 Å². The zero-order valence-corrected chi connectivity index (χ0v) is 14.3. The number of halogens is 1. The van der Waals surface area contributed by atoms with Gasteiger partial charge in [0.25, 0.3) is 11.8 Å². The summed E-state index contributed by atoms with van der Waals surface area (Å²) in [6.07, 6.45) is 1.40. The maximum atomic E-state index is 13.6. The van der Waals surface area contributed by atoms with Crippen LogP contribution in [0, 0.1) is 5.82 Å². The molecule has 2 N–H and O–H groups in total. The van der Waals surface area contributed by atoms with E-state index in [0.717, 1.165) is 0 Å². The van der Waals surface area contributed by atoms with Crippen LogP contribution in [0.5, 0.6) is 0 Å². The van der Waals surface area contributed by atoms with Crippen molar-refractivity contribution >= 4 is 11.8 Å². The van der Waals surface area contributed by atoms with E-state index in [0.29, 0.717) is 24.2 Å². The summed E-state index contributed by atoms with van der Waals surface area (Å²) in [5.74, 6) is -1.11. The molecule has 0 radical (unpaired) electrons. The number of amides is 2. The van der Waals surface area contributed by atoms with Gasteiger partial charge in [-0.3, -0.25) is 14.6 Å². The van der Waals surface area contributed by atoms with Crippen LogP contribution in [0.1, 0.15) is 26.4 Å². The third-order valence-corrected chi connectivity index (χ3v) is 3.50. The summed E-state index contributed by atoms with van der Waals surface area (Å²) in [7, 11) is 3.82. The molecule has 2 aromatic rings. The van der Waals surface area contributed by atoms with Gasteiger partial charge in [0.05, 0.1) is 0 Å². The number of aromatic nitrogens is 1. The number of carbonyl (C=O) groups is 2. The second kappa shape index (κ2) is 8.89. The summed E-state index contributed by atoms with van der Waals surface area (Å²) in [5, 5.41) is 5.37. The Labute approximate surface area is 146 Å². The highest BCUT2D eigenvalue weighted by Gasteiger charge is 2.12. The van der Waals surface area contributed by atoms with Crippen LogP contribution in [-0.2, 0) is 6.54 Å². The average Bonchev–Trinajstić information content (AvgIpc) is 2.60. The quantitative estimate of drug-likeness (QED) is 0.797. The molecular weight excluding hydrogens is 323 g/mol. The minimum Gasteiger partial charge on any atom is -0.349 e. The average molecular weight is 344 g/mol. The molecule has 0 fully saturated rings. The molecular formula is C18H21FN4O2. The van der Waals surface area contributed by atoms with E-state index in [1.807, 2.05) is 19.0 Å². The van der Waals surface area contributed by atoms with Crippen molar-refractivity contribution in [2.75, 3.05) is 27.2 Å². The molecule has 2 rings (SSSR count). The summed E-state index contributed by atoms with van der Waals surface area (Å²) in [6, 6.07) is 9.16. The van der Waals surface area contributed by atoms with Gasteiger partial charge >= 0.3 is 0 Å². The number of nitrogens with one attached hydrogen (secondary N) is 2. The van der Waals surface area contributed by atoms with Crippen molar-refractivity contribution in [3.05, 3.63) is 65.2 Å². The Morgan fingerprint density at radius 1 is 1.12 bits per heavy atom. The van der Waals surface area contributed by atoms with Crippen molar-refractivity contribution in [3.8, 4) is 0 Å². The molecule has 0 atom stereocenters. The Hall–Kier alpha value is -2.80. The standard InChI is InChI=1S/C18H21FN4O2/c1-23(2)10-9-21-18(25)16-11-13(7-8-20-16)17(24)22-12-14-5-3-4-6-15(14)19/h3-8,11H,9-10,12H2,1-2H3,(H,21,25)(H,22,24). The van der Waals surface area contributed by atoms with E-state index in [1.54, 1.807) is 18.2 Å². The van der Waals surface area contributed by atoms with Crippen LogP contribution < -0.4 is 10.6 Å². The van der Waals surface area contributed by atoms with Gasteiger partial charge in [-0.1, -0.05) is 18.2 Å². The van der Waals surface area contributed by atoms with E-state index < -0.39 is 5.91 Å². The van der Waals surface area contributed by atoms with Crippen LogP contribution in [0.2, 0.25) is 0 Å². The number of carbonyl (C=O) groups excluding carboxylic acids is 2. The lowest BCUT2D eigenvalue weighted by molar-refractivity contribution is 0.0946. The predicted octanol–water partition coefficient (Wildman–Crippen LogP) is 1.44. The molecule has 0 saturated carbocycles. The predicted molar refractivity (Wildman–Crippen MR) is 92.7 cm³/mol. The van der Waals surface area contributed by atoms with E-state index >= 15 is 0 Å². The summed E-state index contributed by atoms with van der Waals surface area (Å²) >= 11 is 0. The molecule has 132 valence electrons. The van der Waals surface area contributed by atoms with Crippen LogP contribution in [-0.4, -0.2) is 48.9 Å². The van der Waals surface area contributed by atoms with Crippen LogP contribution >= 0.6 is 0 Å². The van der Waals surface area contributed by atoms with Crippen LogP contribution in [0.15, 0.2) is 42.6 Å². The molecule has 1 heterocycles. The van der Waals surface area contributed by atoms with Crippen molar-refractivity contribution in [1.29, 1.82) is 0 Å². The molecule has 6 nitrogen and oxygen atoms in total. The van der Waals surface area contributed by atoms with Crippen LogP contribution in [0.25, 0.3) is 0 Å². The van der Waals surface area contributed by atoms with E-state index in [9.17, 15) is 14.0 Å². The molecule has 0 unspecified atom stereocenters. The SMILES string of the molecule is CN(C)CCNC(=O)c1cc(C(=O)NCc2ccccc2F)ccn1. The molecule has 0 aliphatic heterocycles. The summed E-state index contributed by atoms with van der Waals surface area (Å²) < 4.78 is 13.6. The third kappa shape index (κ3) is 5.65. The van der Waals surface area contributed by atoms with Gasteiger partial charge < -0.3 is 15.5 Å². The summed E-state index contributed by atoms with van der Waals surface area (Å²) in [5.41, 5.74) is 0.855. The van der Waals surface area contributed by atoms with E-state index in [4.69, 9.17) is 0 Å². The first-order chi connectivity index (χ1) is 12.0. The fraction of sp³-hybridized carbons (Fsp3) is 0.278. The van der Waals surface area contributed by atoms with Crippen LogP contribution in [0.4, 0.5) is 4.39 Å². The van der Waals surface area contributed by atoms with Crippen molar-refractivity contribution in [1.82, 2.24) is 20.5 Å². The molecule has 7 heteroatoms. The fourth-order valence-electron chi connectivity index (χ4n) is 2.10. The second-order valence-electron chi connectivity index (χ2n) is 5.76. The molecule has 0 aliphatic rings. The first kappa shape index (κ1) is 18.5. The molecule has 1 aromatic heterocycles. The maximum absolute atomic E-state index is 13.6. The molecule has 0 aliphatic carbocycles. The lowest BCUT2D eigenvalue weighted by Gasteiger charge is -2.10. The fourth-order valence-corrected chi connectivity index (χ4v) is 2.10. The van der Waals surface area contributed by atoms with Gasteiger partial charge in [0.2, 0.25) is 0 Å². The highest BCUT2D eigenvalue weighted by molar-refractivity contribution is 5.98. The second-order valence-corrected chi connectivity index (χ2v) is 5.76. The minimum absolute atomic E-state index is 0.0677. The monoisotopic (exact) mass is 344 g/mol. The maximum Gasteiger partial charge on any atom is 0.269 e. The lowest BCUT2D eigenvalue weighted by Crippen LogP contribution is -2.32. The first-order valence-corrected chi connectivity index (χ1v) is 7.88. The Morgan fingerprint density at radius 3 is 2.60 bits per heavy atom. The smallest absolute Gasteiger partial charge is 0.269 e. The number of benzene rings is 1. The summed E-state index contributed by atoms with van der Waals surface area (Å²) in [6.45, 7) is 1.25. The van der Waals surface area contributed by atoms with Gasteiger partial charge in [-0.05, 0) is 32.3 Å². The number of pyridine rings is 1. The Balaban J connectivity index is 1.96. The Bertz CT molecular complexity index is 749. The highest BCUT2D eigenvalue weighted by atomic mass is 19.1. The molecule has 1 aromatic carbocycles. The normalized spacial score (nSPS) is 10.6. The molecule has 25 heavy (non-hydrogen) atoms. The van der Waals surface area contributed by atoms with Crippen molar-refractivity contribution in [3.63, 3.8) is 0 Å². The largest absolute Gasteiger partial charge is 0.349 e. The topological polar surface area (TPSA) is 74.3 Å². The van der Waals surface area contributed by atoms with Crippen molar-refractivity contribution in [2.24, 2.45) is 0 Å². The molecule has 2 amide bonds. The van der Waals surface area contributed by atoms with E-state index in [1.165, 1.54) is 24.4 Å². The van der Waals surface area contributed by atoms with E-state index in [-0.39, 0.29) is 24.0 Å². The van der Waals surface area contributed by atoms with Crippen LogP contribution in [0.3, 0.4) is 0 Å².